The quantitative estimate of drug-likeness (QED) is 0.724. The maximum Gasteiger partial charge on any atom is 0.290 e. The molecule has 3 aliphatic rings. The summed E-state index contributed by atoms with van der Waals surface area (Å²) in [5, 5.41) is 11.0. The molecule has 2 amide bonds. The highest BCUT2D eigenvalue weighted by Gasteiger charge is 2.66. The third kappa shape index (κ3) is 2.62. The number of hydrogen-bond donors (Lipinski definition) is 1. The van der Waals surface area contributed by atoms with Crippen molar-refractivity contribution in [1.82, 2.24) is 4.90 Å². The van der Waals surface area contributed by atoms with Gasteiger partial charge in [-0.3, -0.25) is 14.4 Å². The van der Waals surface area contributed by atoms with Crippen molar-refractivity contribution in [2.75, 3.05) is 24.6 Å². The van der Waals surface area contributed by atoms with Gasteiger partial charge < -0.3 is 24.1 Å². The summed E-state index contributed by atoms with van der Waals surface area (Å²) in [6, 6.07) is 10.2. The van der Waals surface area contributed by atoms with E-state index in [-0.39, 0.29) is 24.0 Å². The highest BCUT2D eigenvalue weighted by atomic mass is 16.5. The van der Waals surface area contributed by atoms with Crippen LogP contribution in [0.25, 0.3) is 0 Å². The maximum absolute atomic E-state index is 14.0. The monoisotopic (exact) mass is 436 g/mol. The zero-order chi connectivity index (χ0) is 22.6. The molecule has 1 spiro atoms. The van der Waals surface area contributed by atoms with Crippen molar-refractivity contribution in [2.45, 2.75) is 38.3 Å². The number of para-hydroxylation sites is 1. The van der Waals surface area contributed by atoms with Crippen molar-refractivity contribution < 1.29 is 28.6 Å². The number of ketones is 1. The lowest BCUT2D eigenvalue weighted by Gasteiger charge is -2.36. The number of hydrogen-bond acceptors (Lipinski definition) is 6. The number of nitrogens with zero attached hydrogens (tertiary/aromatic N) is 2. The van der Waals surface area contributed by atoms with Gasteiger partial charge in [0.2, 0.25) is 5.78 Å². The van der Waals surface area contributed by atoms with Crippen molar-refractivity contribution in [3.63, 3.8) is 0 Å². The topological polar surface area (TPSA) is 100 Å². The molecule has 1 N–H and O–H groups in total. The van der Waals surface area contributed by atoms with Gasteiger partial charge in [-0.2, -0.15) is 0 Å². The number of likely N-dealkylation sites (N-methyl/N-ethyl adjacent to an activating group) is 1. The predicted octanol–water partition coefficient (Wildman–Crippen LogP) is 2.87. The SMILES string of the molecule is CCN1C(=O)C2(C(C(=O)c3ccc(C)o3)=C(O)C(=O)N2CC2CCCO2)c2ccccc21. The third-order valence-corrected chi connectivity index (χ3v) is 6.51. The summed E-state index contributed by atoms with van der Waals surface area (Å²) in [6.45, 7) is 4.54. The van der Waals surface area contributed by atoms with E-state index in [1.165, 1.54) is 11.0 Å². The third-order valence-electron chi connectivity index (χ3n) is 6.51. The number of benzene rings is 1. The van der Waals surface area contributed by atoms with Gasteiger partial charge in [0.25, 0.3) is 11.8 Å². The molecule has 32 heavy (non-hydrogen) atoms. The smallest absolute Gasteiger partial charge is 0.290 e. The lowest BCUT2D eigenvalue weighted by atomic mass is 9.81. The summed E-state index contributed by atoms with van der Waals surface area (Å²) in [5.41, 5.74) is -0.921. The number of aliphatic hydroxyl groups excluding tert-OH is 1. The van der Waals surface area contributed by atoms with Crippen LogP contribution in [-0.2, 0) is 19.9 Å². The Bertz CT molecular complexity index is 1160. The first-order valence-corrected chi connectivity index (χ1v) is 10.8. The van der Waals surface area contributed by atoms with Gasteiger partial charge in [-0.25, -0.2) is 0 Å². The molecule has 4 heterocycles. The Morgan fingerprint density at radius 1 is 1.22 bits per heavy atom. The zero-order valence-corrected chi connectivity index (χ0v) is 18.0. The van der Waals surface area contributed by atoms with Crippen LogP contribution in [0.1, 0.15) is 41.6 Å². The molecule has 8 nitrogen and oxygen atoms in total. The number of Topliss-reactive ketones (excluding diaryl/α,β-unsaturated/α-hetero) is 1. The van der Waals surface area contributed by atoms with Crippen molar-refractivity contribution in [3.05, 3.63) is 64.8 Å². The van der Waals surface area contributed by atoms with E-state index in [1.807, 2.05) is 6.92 Å². The number of rotatable bonds is 5. The average molecular weight is 436 g/mol. The molecular weight excluding hydrogens is 412 g/mol. The second-order valence-corrected chi connectivity index (χ2v) is 8.29. The number of carbonyl (C=O) groups excluding carboxylic acids is 3. The Morgan fingerprint density at radius 2 is 2.00 bits per heavy atom. The van der Waals surface area contributed by atoms with E-state index in [0.29, 0.717) is 30.2 Å². The molecule has 2 unspecified atom stereocenters. The Balaban J connectivity index is 1.74. The number of ether oxygens (including phenoxy) is 1. The molecule has 0 saturated carbocycles. The Morgan fingerprint density at radius 3 is 2.66 bits per heavy atom. The van der Waals surface area contributed by atoms with E-state index in [0.717, 1.165) is 12.8 Å². The van der Waals surface area contributed by atoms with Gasteiger partial charge in [0.1, 0.15) is 5.76 Å². The lowest BCUT2D eigenvalue weighted by Crippen LogP contribution is -2.55. The average Bonchev–Trinajstić information content (AvgIpc) is 3.54. The van der Waals surface area contributed by atoms with E-state index in [4.69, 9.17) is 9.15 Å². The van der Waals surface area contributed by atoms with E-state index < -0.39 is 28.9 Å². The molecule has 0 bridgehead atoms. The van der Waals surface area contributed by atoms with Crippen LogP contribution < -0.4 is 4.90 Å². The second-order valence-electron chi connectivity index (χ2n) is 8.29. The first-order valence-electron chi connectivity index (χ1n) is 10.8. The van der Waals surface area contributed by atoms with Crippen LogP contribution >= 0.6 is 0 Å². The Hall–Kier alpha value is -3.39. The van der Waals surface area contributed by atoms with Crippen LogP contribution in [0, 0.1) is 6.92 Å². The van der Waals surface area contributed by atoms with Gasteiger partial charge in [0.15, 0.2) is 17.1 Å². The highest BCUT2D eigenvalue weighted by molar-refractivity contribution is 6.25. The van der Waals surface area contributed by atoms with Crippen LogP contribution in [0.5, 0.6) is 0 Å². The van der Waals surface area contributed by atoms with Gasteiger partial charge in [-0.15, -0.1) is 0 Å². The van der Waals surface area contributed by atoms with Crippen LogP contribution in [0.15, 0.2) is 52.1 Å². The van der Waals surface area contributed by atoms with Crippen LogP contribution in [0.2, 0.25) is 0 Å². The minimum Gasteiger partial charge on any atom is -0.503 e. The van der Waals surface area contributed by atoms with Crippen molar-refractivity contribution in [2.24, 2.45) is 0 Å². The maximum atomic E-state index is 14.0. The van der Waals surface area contributed by atoms with Gasteiger partial charge in [0.05, 0.1) is 17.4 Å². The molecule has 1 aromatic carbocycles. The van der Waals surface area contributed by atoms with E-state index >= 15 is 0 Å². The number of amides is 2. The number of anilines is 1. The molecule has 2 aromatic rings. The minimum absolute atomic E-state index is 0.0320. The molecule has 5 rings (SSSR count). The van der Waals surface area contributed by atoms with E-state index in [9.17, 15) is 19.5 Å². The first kappa shape index (κ1) is 20.5. The molecule has 0 aliphatic carbocycles. The highest BCUT2D eigenvalue weighted by Crippen LogP contribution is 2.53. The second kappa shape index (κ2) is 7.34. The van der Waals surface area contributed by atoms with E-state index in [1.54, 1.807) is 42.2 Å². The van der Waals surface area contributed by atoms with Crippen molar-refractivity contribution in [1.29, 1.82) is 0 Å². The number of carbonyl (C=O) groups is 3. The molecule has 3 aliphatic heterocycles. The van der Waals surface area contributed by atoms with Gasteiger partial charge in [-0.1, -0.05) is 18.2 Å². The fourth-order valence-corrected chi connectivity index (χ4v) is 5.11. The van der Waals surface area contributed by atoms with Gasteiger partial charge in [0, 0.05) is 25.3 Å². The zero-order valence-electron chi connectivity index (χ0n) is 18.0. The van der Waals surface area contributed by atoms with Gasteiger partial charge in [-0.05, 0) is 44.9 Å². The normalized spacial score (nSPS) is 24.9. The minimum atomic E-state index is -1.77. The Kier molecular flexibility index (Phi) is 4.70. The summed E-state index contributed by atoms with van der Waals surface area (Å²) >= 11 is 0. The molecule has 1 saturated heterocycles. The summed E-state index contributed by atoms with van der Waals surface area (Å²) in [4.78, 5) is 43.9. The largest absolute Gasteiger partial charge is 0.503 e. The number of aryl methyl sites for hydroxylation is 1. The molecule has 1 fully saturated rings. The van der Waals surface area contributed by atoms with Crippen molar-refractivity contribution in [3.8, 4) is 0 Å². The van der Waals surface area contributed by atoms with Gasteiger partial charge >= 0.3 is 0 Å². The molecule has 166 valence electrons. The number of fused-ring (bicyclic) bond motifs is 2. The van der Waals surface area contributed by atoms with E-state index in [2.05, 4.69) is 0 Å². The number of aliphatic hydroxyl groups is 1. The first-order chi connectivity index (χ1) is 15.4. The summed E-state index contributed by atoms with van der Waals surface area (Å²) in [5.74, 6) is -2.12. The molecule has 2 atom stereocenters. The molecule has 1 aromatic heterocycles. The Labute approximate surface area is 185 Å². The molecule has 0 radical (unpaired) electrons. The summed E-state index contributed by atoms with van der Waals surface area (Å²) in [6.07, 6.45) is 1.30. The number of furan rings is 1. The summed E-state index contributed by atoms with van der Waals surface area (Å²) in [7, 11) is 0. The van der Waals surface area contributed by atoms with Crippen LogP contribution in [-0.4, -0.2) is 53.4 Å². The standard InChI is InChI=1S/C24H24N2O6/c1-3-25-17-9-5-4-8-16(17)24(23(25)30)19(20(27)18-11-10-14(2)32-18)21(28)22(29)26(24)13-15-7-6-12-31-15/h4-5,8-11,15,28H,3,6-7,12-13H2,1-2H3. The summed E-state index contributed by atoms with van der Waals surface area (Å²) < 4.78 is 11.3. The van der Waals surface area contributed by atoms with Crippen LogP contribution in [0.3, 0.4) is 0 Å². The fraction of sp³-hybridized carbons (Fsp3) is 0.375. The van der Waals surface area contributed by atoms with Crippen molar-refractivity contribution >= 4 is 23.3 Å². The fourth-order valence-electron chi connectivity index (χ4n) is 5.11. The lowest BCUT2D eigenvalue weighted by molar-refractivity contribution is -0.141. The molecule has 8 heteroatoms. The molecular formula is C24H24N2O6. The van der Waals surface area contributed by atoms with Crippen LogP contribution in [0.4, 0.5) is 5.69 Å². The predicted molar refractivity (Wildman–Crippen MR) is 114 cm³/mol.